The second kappa shape index (κ2) is 22.3. The quantitative estimate of drug-likeness (QED) is 0.132. The molecule has 0 atom stereocenters. The van der Waals surface area contributed by atoms with E-state index in [9.17, 15) is 0 Å². The molecule has 192 valence electrons. The lowest BCUT2D eigenvalue weighted by Crippen LogP contribution is -2.25. The van der Waals surface area contributed by atoms with Gasteiger partial charge in [0.2, 0.25) is 0 Å². The van der Waals surface area contributed by atoms with Crippen molar-refractivity contribution in [2.24, 2.45) is 5.41 Å². The topological polar surface area (TPSA) is 3.24 Å². The number of nitrogens with zero attached hydrogens (tertiary/aromatic N) is 1. The molecule has 32 heavy (non-hydrogen) atoms. The normalized spacial score (nSPS) is 11.8. The molecule has 0 heterocycles. The molecule has 0 radical (unpaired) electrons. The Kier molecular flexibility index (Phi) is 22.0. The summed E-state index contributed by atoms with van der Waals surface area (Å²) >= 11 is 0. The fraction of sp³-hybridized carbons (Fsp3) is 0.935. The lowest BCUT2D eigenvalue weighted by Gasteiger charge is -2.27. The van der Waals surface area contributed by atoms with Gasteiger partial charge in [-0.1, -0.05) is 144 Å². The molecule has 0 fully saturated rings. The molecule has 0 aliphatic rings. The maximum atomic E-state index is 4.52. The second-order valence-corrected chi connectivity index (χ2v) is 11.6. The molecule has 0 aliphatic carbocycles. The van der Waals surface area contributed by atoms with E-state index in [1.54, 1.807) is 0 Å². The van der Waals surface area contributed by atoms with Crippen LogP contribution in [0.5, 0.6) is 0 Å². The monoisotopic (exact) mass is 449 g/mol. The second-order valence-electron chi connectivity index (χ2n) is 11.6. The number of hydrogen-bond acceptors (Lipinski definition) is 1. The van der Waals surface area contributed by atoms with Crippen molar-refractivity contribution in [1.82, 2.24) is 4.90 Å². The zero-order valence-corrected chi connectivity index (χ0v) is 23.4. The predicted octanol–water partition coefficient (Wildman–Crippen LogP) is 11.1. The Morgan fingerprint density at radius 1 is 0.531 bits per heavy atom. The van der Waals surface area contributed by atoms with Crippen LogP contribution in [0.25, 0.3) is 0 Å². The van der Waals surface area contributed by atoms with Gasteiger partial charge in [-0.05, 0) is 37.5 Å². The smallest absolute Gasteiger partial charge is 0.0174 e. The minimum absolute atomic E-state index is 0.511. The van der Waals surface area contributed by atoms with Gasteiger partial charge in [-0.2, -0.15) is 0 Å². The summed E-state index contributed by atoms with van der Waals surface area (Å²) in [6.45, 7) is 18.7. The summed E-state index contributed by atoms with van der Waals surface area (Å²) in [6, 6.07) is 0. The molecular formula is C31H63N. The molecule has 0 aromatic carbocycles. The maximum Gasteiger partial charge on any atom is 0.0174 e. The van der Waals surface area contributed by atoms with E-state index in [1.165, 1.54) is 154 Å². The molecule has 0 amide bonds. The van der Waals surface area contributed by atoms with Crippen LogP contribution >= 0.6 is 0 Å². The van der Waals surface area contributed by atoms with Crippen LogP contribution in [0.15, 0.2) is 12.3 Å². The highest BCUT2D eigenvalue weighted by Gasteiger charge is 2.09. The van der Waals surface area contributed by atoms with Gasteiger partial charge in [0, 0.05) is 18.8 Å². The Hall–Kier alpha value is -0.460. The van der Waals surface area contributed by atoms with Crippen molar-refractivity contribution < 1.29 is 0 Å². The van der Waals surface area contributed by atoms with Gasteiger partial charge < -0.3 is 4.90 Å². The van der Waals surface area contributed by atoms with E-state index in [1.807, 2.05) is 0 Å². The van der Waals surface area contributed by atoms with Crippen molar-refractivity contribution in [3.63, 3.8) is 0 Å². The van der Waals surface area contributed by atoms with Gasteiger partial charge in [-0.15, -0.1) is 0 Å². The lowest BCUT2D eigenvalue weighted by atomic mass is 9.89. The molecule has 0 saturated heterocycles. The Morgan fingerprint density at radius 2 is 0.906 bits per heavy atom. The maximum absolute atomic E-state index is 4.52. The lowest BCUT2D eigenvalue weighted by molar-refractivity contribution is 0.311. The van der Waals surface area contributed by atoms with Gasteiger partial charge in [0.25, 0.3) is 0 Å². The van der Waals surface area contributed by atoms with Crippen molar-refractivity contribution in [2.75, 3.05) is 13.1 Å². The minimum Gasteiger partial charge on any atom is -0.375 e. The summed E-state index contributed by atoms with van der Waals surface area (Å²) in [5.74, 6) is 0. The van der Waals surface area contributed by atoms with Crippen molar-refractivity contribution in [3.8, 4) is 0 Å². The average Bonchev–Trinajstić information content (AvgIpc) is 2.74. The Balaban J connectivity index is 3.99. The van der Waals surface area contributed by atoms with E-state index in [-0.39, 0.29) is 0 Å². The SMILES string of the molecule is C=C(CCCCCCCCCC(C)(C)C)N(CCCCCCCC)CCCCCCCC. The number of rotatable bonds is 24. The molecule has 0 aromatic heterocycles. The molecule has 0 bridgehead atoms. The molecular weight excluding hydrogens is 386 g/mol. The Labute approximate surface area is 205 Å². The first-order valence-electron chi connectivity index (χ1n) is 14.8. The molecule has 0 unspecified atom stereocenters. The number of unbranched alkanes of at least 4 members (excludes halogenated alkanes) is 16. The van der Waals surface area contributed by atoms with E-state index < -0.39 is 0 Å². The van der Waals surface area contributed by atoms with Crippen molar-refractivity contribution in [1.29, 1.82) is 0 Å². The highest BCUT2D eigenvalue weighted by molar-refractivity contribution is 4.93. The van der Waals surface area contributed by atoms with Gasteiger partial charge in [0.15, 0.2) is 0 Å². The summed E-state index contributed by atoms with van der Waals surface area (Å²) in [7, 11) is 0. The highest BCUT2D eigenvalue weighted by Crippen LogP contribution is 2.23. The van der Waals surface area contributed by atoms with Crippen LogP contribution in [-0.4, -0.2) is 18.0 Å². The Morgan fingerprint density at radius 3 is 1.34 bits per heavy atom. The van der Waals surface area contributed by atoms with E-state index in [2.05, 4.69) is 46.1 Å². The highest BCUT2D eigenvalue weighted by atomic mass is 15.1. The zero-order chi connectivity index (χ0) is 23.9. The van der Waals surface area contributed by atoms with E-state index in [0.717, 1.165) is 0 Å². The van der Waals surface area contributed by atoms with Crippen molar-refractivity contribution in [3.05, 3.63) is 12.3 Å². The average molecular weight is 450 g/mol. The summed E-state index contributed by atoms with van der Waals surface area (Å²) in [6.07, 6.45) is 29.1. The molecule has 0 N–H and O–H groups in total. The van der Waals surface area contributed by atoms with Crippen LogP contribution in [0, 0.1) is 5.41 Å². The molecule has 1 heteroatoms. The van der Waals surface area contributed by atoms with Gasteiger partial charge in [-0.3, -0.25) is 0 Å². The third-order valence-corrected chi connectivity index (χ3v) is 6.90. The number of allylic oxidation sites excluding steroid dienone is 1. The van der Waals surface area contributed by atoms with Crippen LogP contribution < -0.4 is 0 Å². The van der Waals surface area contributed by atoms with Gasteiger partial charge in [0.1, 0.15) is 0 Å². The van der Waals surface area contributed by atoms with Crippen LogP contribution in [0.2, 0.25) is 0 Å². The first-order valence-corrected chi connectivity index (χ1v) is 14.8. The van der Waals surface area contributed by atoms with E-state index in [4.69, 9.17) is 0 Å². The zero-order valence-electron chi connectivity index (χ0n) is 23.4. The van der Waals surface area contributed by atoms with Crippen LogP contribution in [0.3, 0.4) is 0 Å². The third kappa shape index (κ3) is 22.7. The van der Waals surface area contributed by atoms with E-state index in [0.29, 0.717) is 5.41 Å². The summed E-state index contributed by atoms with van der Waals surface area (Å²) in [4.78, 5) is 2.66. The first kappa shape index (κ1) is 31.5. The molecule has 0 rings (SSSR count). The minimum atomic E-state index is 0.511. The van der Waals surface area contributed by atoms with Crippen molar-refractivity contribution in [2.45, 2.75) is 169 Å². The molecule has 0 aromatic rings. The first-order chi connectivity index (χ1) is 15.4. The predicted molar refractivity (Wildman–Crippen MR) is 148 cm³/mol. The largest absolute Gasteiger partial charge is 0.375 e. The number of hydrogen-bond donors (Lipinski definition) is 0. The Bertz CT molecular complexity index is 376. The van der Waals surface area contributed by atoms with Crippen LogP contribution in [0.4, 0.5) is 0 Å². The van der Waals surface area contributed by atoms with Crippen molar-refractivity contribution >= 4 is 0 Å². The van der Waals surface area contributed by atoms with Crippen LogP contribution in [-0.2, 0) is 0 Å². The van der Waals surface area contributed by atoms with Gasteiger partial charge >= 0.3 is 0 Å². The summed E-state index contributed by atoms with van der Waals surface area (Å²) in [5.41, 5.74) is 1.94. The fourth-order valence-corrected chi connectivity index (χ4v) is 4.62. The van der Waals surface area contributed by atoms with Gasteiger partial charge in [0.05, 0.1) is 0 Å². The summed E-state index contributed by atoms with van der Waals surface area (Å²) < 4.78 is 0. The molecule has 0 saturated carbocycles. The molecule has 0 aliphatic heterocycles. The van der Waals surface area contributed by atoms with E-state index >= 15 is 0 Å². The van der Waals surface area contributed by atoms with Crippen LogP contribution in [0.1, 0.15) is 169 Å². The standard InChI is InChI=1S/C31H63N/c1-7-9-11-13-20-24-28-32(29-25-21-14-12-10-8-2)30(3)26-22-18-16-15-17-19-23-27-31(4,5)6/h3,7-29H2,1-2,4-6H3. The molecule has 1 nitrogen and oxygen atoms in total. The summed E-state index contributed by atoms with van der Waals surface area (Å²) in [5, 5.41) is 0. The van der Waals surface area contributed by atoms with Gasteiger partial charge in [-0.25, -0.2) is 0 Å². The molecule has 0 spiro atoms. The fourth-order valence-electron chi connectivity index (χ4n) is 4.62. The third-order valence-electron chi connectivity index (χ3n) is 6.90.